The average molecular weight is 534 g/mol. The summed E-state index contributed by atoms with van der Waals surface area (Å²) in [4.78, 5) is 74.8. The third-order valence-electron chi connectivity index (χ3n) is 4.91. The normalized spacial score (nSPS) is 14.7. The number of aliphatic imine (C=N–C) groups is 1. The van der Waals surface area contributed by atoms with Gasteiger partial charge in [-0.15, -0.1) is 0 Å². The summed E-state index contributed by atoms with van der Waals surface area (Å²) in [6.45, 7) is 1.18. The number of aliphatic carboxylic acids is 3. The Bertz CT molecular complexity index is 860. The van der Waals surface area contributed by atoms with Crippen molar-refractivity contribution >= 4 is 41.6 Å². The highest BCUT2D eigenvalue weighted by Crippen LogP contribution is 2.06. The van der Waals surface area contributed by atoms with Crippen molar-refractivity contribution < 1.29 is 49.2 Å². The summed E-state index contributed by atoms with van der Waals surface area (Å²) in [6, 6.07) is -5.86. The molecule has 13 N–H and O–H groups in total. The SMILES string of the molecule is CC(O)C(NC(=O)C(CCC(=O)O)NC(=O)C(CCCN=C(N)N)NC(=O)C(N)CCC(=O)O)C(=O)O. The standard InChI is InChI=1S/C20H35N7O10/c1-9(28)15(19(36)37)27-18(35)12(5-7-14(31)32)26-17(34)11(3-2-8-24-20(22)23)25-16(33)10(21)4-6-13(29)30/h9-12,15,28H,2-8,21H2,1H3,(H,25,33)(H,26,34)(H,27,35)(H,29,30)(H,31,32)(H,36,37)(H4,22,23,24). The van der Waals surface area contributed by atoms with Crippen LogP contribution in [0.3, 0.4) is 0 Å². The van der Waals surface area contributed by atoms with E-state index in [1.807, 2.05) is 5.32 Å². The Kier molecular flexibility index (Phi) is 14.8. The van der Waals surface area contributed by atoms with Gasteiger partial charge in [0, 0.05) is 19.4 Å². The molecule has 0 aromatic carbocycles. The number of carboxylic acid groups (broad SMARTS) is 3. The third-order valence-corrected chi connectivity index (χ3v) is 4.91. The molecule has 0 heterocycles. The maximum atomic E-state index is 13.0. The molecule has 210 valence electrons. The van der Waals surface area contributed by atoms with Crippen molar-refractivity contribution in [2.45, 2.75) is 75.7 Å². The number of guanidine groups is 1. The van der Waals surface area contributed by atoms with E-state index < -0.39 is 85.2 Å². The van der Waals surface area contributed by atoms with E-state index in [4.69, 9.17) is 27.4 Å². The summed E-state index contributed by atoms with van der Waals surface area (Å²) in [7, 11) is 0. The minimum Gasteiger partial charge on any atom is -0.481 e. The zero-order valence-corrected chi connectivity index (χ0v) is 20.3. The summed E-state index contributed by atoms with van der Waals surface area (Å²) in [5.41, 5.74) is 16.2. The number of carbonyl (C=O) groups excluding carboxylic acids is 3. The van der Waals surface area contributed by atoms with Crippen LogP contribution in [-0.2, 0) is 28.8 Å². The zero-order valence-electron chi connectivity index (χ0n) is 20.3. The van der Waals surface area contributed by atoms with Gasteiger partial charge in [-0.2, -0.15) is 0 Å². The fourth-order valence-corrected chi connectivity index (χ4v) is 2.91. The first kappa shape index (κ1) is 33.0. The molecule has 0 fully saturated rings. The Morgan fingerprint density at radius 2 is 1.27 bits per heavy atom. The monoisotopic (exact) mass is 533 g/mol. The van der Waals surface area contributed by atoms with Crippen molar-refractivity contribution in [3.63, 3.8) is 0 Å². The lowest BCUT2D eigenvalue weighted by atomic mass is 10.1. The van der Waals surface area contributed by atoms with Gasteiger partial charge in [0.15, 0.2) is 12.0 Å². The van der Waals surface area contributed by atoms with Gasteiger partial charge in [-0.1, -0.05) is 0 Å². The fourth-order valence-electron chi connectivity index (χ4n) is 2.91. The van der Waals surface area contributed by atoms with Gasteiger partial charge in [-0.25, -0.2) is 4.79 Å². The lowest BCUT2D eigenvalue weighted by Gasteiger charge is -2.25. The second-order valence-electron chi connectivity index (χ2n) is 8.11. The zero-order chi connectivity index (χ0) is 28.7. The Morgan fingerprint density at radius 1 is 0.784 bits per heavy atom. The highest BCUT2D eigenvalue weighted by molar-refractivity contribution is 5.94. The number of amides is 3. The predicted octanol–water partition coefficient (Wildman–Crippen LogP) is -3.98. The lowest BCUT2D eigenvalue weighted by Crippen LogP contribution is -2.58. The second-order valence-corrected chi connectivity index (χ2v) is 8.11. The average Bonchev–Trinajstić information content (AvgIpc) is 2.78. The predicted molar refractivity (Wildman–Crippen MR) is 127 cm³/mol. The molecule has 17 heteroatoms. The van der Waals surface area contributed by atoms with Crippen LogP contribution in [0.25, 0.3) is 0 Å². The number of nitrogens with one attached hydrogen (secondary N) is 3. The van der Waals surface area contributed by atoms with Crippen LogP contribution in [0.5, 0.6) is 0 Å². The van der Waals surface area contributed by atoms with Crippen LogP contribution in [0.2, 0.25) is 0 Å². The summed E-state index contributed by atoms with van der Waals surface area (Å²) in [6.07, 6.45) is -3.02. The van der Waals surface area contributed by atoms with Gasteiger partial charge in [-0.05, 0) is 32.6 Å². The molecule has 0 rings (SSSR count). The quantitative estimate of drug-likeness (QED) is 0.0457. The van der Waals surface area contributed by atoms with E-state index in [0.717, 1.165) is 6.92 Å². The highest BCUT2D eigenvalue weighted by Gasteiger charge is 2.32. The van der Waals surface area contributed by atoms with Gasteiger partial charge in [0.05, 0.1) is 12.1 Å². The smallest absolute Gasteiger partial charge is 0.328 e. The molecule has 0 radical (unpaired) electrons. The van der Waals surface area contributed by atoms with Crippen molar-refractivity contribution in [1.82, 2.24) is 16.0 Å². The minimum atomic E-state index is -1.74. The second kappa shape index (κ2) is 16.6. The Labute approximate surface area is 211 Å². The number of hydrogen-bond donors (Lipinski definition) is 10. The first-order chi connectivity index (χ1) is 17.1. The molecule has 0 aliphatic carbocycles. The van der Waals surface area contributed by atoms with E-state index in [-0.39, 0.29) is 31.8 Å². The van der Waals surface area contributed by atoms with E-state index in [1.54, 1.807) is 0 Å². The van der Waals surface area contributed by atoms with E-state index in [2.05, 4.69) is 15.6 Å². The van der Waals surface area contributed by atoms with Crippen LogP contribution in [0.15, 0.2) is 4.99 Å². The van der Waals surface area contributed by atoms with Crippen molar-refractivity contribution in [3.05, 3.63) is 0 Å². The summed E-state index contributed by atoms with van der Waals surface area (Å²) in [5, 5.41) is 43.2. The number of rotatable bonds is 18. The molecule has 0 aliphatic rings. The number of carbonyl (C=O) groups is 6. The van der Waals surface area contributed by atoms with Crippen LogP contribution >= 0.6 is 0 Å². The van der Waals surface area contributed by atoms with Crippen molar-refractivity contribution in [1.29, 1.82) is 0 Å². The number of hydrogen-bond acceptors (Lipinski definition) is 9. The number of carboxylic acids is 3. The Balaban J connectivity index is 5.67. The fraction of sp³-hybridized carbons (Fsp3) is 0.650. The molecule has 5 atom stereocenters. The molecular formula is C20H35N7O10. The lowest BCUT2D eigenvalue weighted by molar-refractivity contribution is -0.145. The molecule has 0 bridgehead atoms. The molecule has 0 spiro atoms. The third kappa shape index (κ3) is 14.2. The number of aliphatic hydroxyl groups is 1. The van der Waals surface area contributed by atoms with Gasteiger partial charge in [0.25, 0.3) is 0 Å². The van der Waals surface area contributed by atoms with Crippen molar-refractivity contribution in [3.8, 4) is 0 Å². The van der Waals surface area contributed by atoms with Crippen LogP contribution in [0.1, 0.15) is 45.4 Å². The maximum Gasteiger partial charge on any atom is 0.328 e. The van der Waals surface area contributed by atoms with Crippen LogP contribution in [-0.4, -0.2) is 98.8 Å². The van der Waals surface area contributed by atoms with Gasteiger partial charge in [-0.3, -0.25) is 29.0 Å². The summed E-state index contributed by atoms with van der Waals surface area (Å²) >= 11 is 0. The summed E-state index contributed by atoms with van der Waals surface area (Å²) in [5.74, 6) is -7.12. The molecular weight excluding hydrogens is 498 g/mol. The first-order valence-electron chi connectivity index (χ1n) is 11.2. The summed E-state index contributed by atoms with van der Waals surface area (Å²) < 4.78 is 0. The number of aliphatic hydroxyl groups excluding tert-OH is 1. The molecule has 37 heavy (non-hydrogen) atoms. The first-order valence-corrected chi connectivity index (χ1v) is 11.2. The molecule has 5 unspecified atom stereocenters. The van der Waals surface area contributed by atoms with Crippen LogP contribution in [0.4, 0.5) is 0 Å². The van der Waals surface area contributed by atoms with E-state index in [1.165, 1.54) is 0 Å². The molecule has 0 aromatic rings. The molecule has 17 nitrogen and oxygen atoms in total. The molecule has 0 aliphatic heterocycles. The van der Waals surface area contributed by atoms with Crippen molar-refractivity contribution in [2.24, 2.45) is 22.2 Å². The van der Waals surface area contributed by atoms with E-state index in [9.17, 15) is 39.0 Å². The van der Waals surface area contributed by atoms with Gasteiger partial charge in [0.1, 0.15) is 12.1 Å². The van der Waals surface area contributed by atoms with Crippen molar-refractivity contribution in [2.75, 3.05) is 6.54 Å². The number of nitrogens with two attached hydrogens (primary N) is 3. The minimum absolute atomic E-state index is 0.0568. The largest absolute Gasteiger partial charge is 0.481 e. The van der Waals surface area contributed by atoms with Crippen LogP contribution < -0.4 is 33.2 Å². The van der Waals surface area contributed by atoms with Gasteiger partial charge >= 0.3 is 17.9 Å². The van der Waals surface area contributed by atoms with E-state index >= 15 is 0 Å². The maximum absolute atomic E-state index is 13.0. The Morgan fingerprint density at radius 3 is 1.76 bits per heavy atom. The topological polar surface area (TPSA) is 310 Å². The van der Waals surface area contributed by atoms with Crippen LogP contribution in [0, 0.1) is 0 Å². The van der Waals surface area contributed by atoms with Gasteiger partial charge in [0.2, 0.25) is 17.7 Å². The molecule has 3 amide bonds. The highest BCUT2D eigenvalue weighted by atomic mass is 16.4. The molecule has 0 saturated heterocycles. The van der Waals surface area contributed by atoms with E-state index in [0.29, 0.717) is 0 Å². The molecule has 0 saturated carbocycles. The number of nitrogens with zero attached hydrogens (tertiary/aromatic N) is 1. The van der Waals surface area contributed by atoms with Gasteiger partial charge < -0.3 is 53.6 Å². The molecule has 0 aromatic heterocycles. The Hall–Kier alpha value is -3.99.